The van der Waals surface area contributed by atoms with Gasteiger partial charge in [0.25, 0.3) is 0 Å². The molecule has 0 heterocycles. The van der Waals surface area contributed by atoms with Gasteiger partial charge < -0.3 is 10.2 Å². The van der Waals surface area contributed by atoms with Crippen LogP contribution in [0, 0.1) is 13.8 Å². The molecule has 40 heavy (non-hydrogen) atoms. The summed E-state index contributed by atoms with van der Waals surface area (Å²) in [5, 5.41) is 3.19. The molecule has 3 aromatic rings. The molecule has 0 unspecified atom stereocenters. The van der Waals surface area contributed by atoms with Gasteiger partial charge in [0.05, 0.1) is 11.9 Å². The molecule has 3 aromatic carbocycles. The van der Waals surface area contributed by atoms with Crippen LogP contribution in [0.5, 0.6) is 0 Å². The monoisotopic (exact) mass is 561 g/mol. The fourth-order valence-corrected chi connectivity index (χ4v) is 6.13. The number of carbonyl (C=O) groups is 2. The summed E-state index contributed by atoms with van der Waals surface area (Å²) in [6.07, 6.45) is 5.40. The van der Waals surface area contributed by atoms with E-state index in [0.29, 0.717) is 12.1 Å². The number of nitrogens with one attached hydrogen (secondary N) is 1. The largest absolute Gasteiger partial charge is 0.352 e. The summed E-state index contributed by atoms with van der Waals surface area (Å²) < 4.78 is 27.0. The van der Waals surface area contributed by atoms with Crippen molar-refractivity contribution < 1.29 is 18.0 Å². The Labute approximate surface area is 238 Å². The molecule has 4 rings (SSSR count). The summed E-state index contributed by atoms with van der Waals surface area (Å²) in [6.45, 7) is 3.63. The zero-order valence-corrected chi connectivity index (χ0v) is 24.4. The molecule has 212 valence electrons. The van der Waals surface area contributed by atoms with Gasteiger partial charge in [0.2, 0.25) is 21.8 Å². The van der Waals surface area contributed by atoms with E-state index in [1.54, 1.807) is 23.1 Å². The van der Waals surface area contributed by atoms with Crippen LogP contribution in [-0.4, -0.2) is 50.0 Å². The van der Waals surface area contributed by atoms with Crippen LogP contribution in [0.15, 0.2) is 78.9 Å². The Morgan fingerprint density at radius 3 is 2.25 bits per heavy atom. The minimum Gasteiger partial charge on any atom is -0.352 e. The topological polar surface area (TPSA) is 86.8 Å². The second-order valence-electron chi connectivity index (χ2n) is 10.8. The van der Waals surface area contributed by atoms with Gasteiger partial charge >= 0.3 is 0 Å². The van der Waals surface area contributed by atoms with Crippen molar-refractivity contribution in [3.63, 3.8) is 0 Å². The van der Waals surface area contributed by atoms with Crippen molar-refractivity contribution in [1.29, 1.82) is 0 Å². The molecular formula is C32H39N3O4S. The molecule has 0 radical (unpaired) electrons. The van der Waals surface area contributed by atoms with Gasteiger partial charge in [-0.25, -0.2) is 8.42 Å². The van der Waals surface area contributed by atoms with Crippen molar-refractivity contribution in [2.45, 2.75) is 64.6 Å². The number of aryl methyl sites for hydroxylation is 2. The summed E-state index contributed by atoms with van der Waals surface area (Å²) >= 11 is 0. The first-order valence-electron chi connectivity index (χ1n) is 13.8. The molecule has 1 atom stereocenters. The van der Waals surface area contributed by atoms with Crippen LogP contribution in [-0.2, 0) is 32.6 Å². The molecule has 1 saturated carbocycles. The molecule has 7 nitrogen and oxygen atoms in total. The molecule has 0 bridgehead atoms. The summed E-state index contributed by atoms with van der Waals surface area (Å²) in [4.78, 5) is 29.6. The number of nitrogens with zero attached hydrogens (tertiary/aromatic N) is 2. The van der Waals surface area contributed by atoms with E-state index in [9.17, 15) is 18.0 Å². The van der Waals surface area contributed by atoms with Crippen molar-refractivity contribution in [3.8, 4) is 0 Å². The molecule has 0 spiro atoms. The van der Waals surface area contributed by atoms with Gasteiger partial charge in [-0.05, 0) is 61.1 Å². The Bertz CT molecular complexity index is 1420. The van der Waals surface area contributed by atoms with E-state index in [1.807, 2.05) is 74.5 Å². The summed E-state index contributed by atoms with van der Waals surface area (Å²) in [7, 11) is -3.78. The van der Waals surface area contributed by atoms with E-state index < -0.39 is 28.5 Å². The van der Waals surface area contributed by atoms with Crippen molar-refractivity contribution in [2.75, 3.05) is 17.1 Å². The quantitative estimate of drug-likeness (QED) is 0.366. The van der Waals surface area contributed by atoms with Crippen molar-refractivity contribution >= 4 is 27.5 Å². The van der Waals surface area contributed by atoms with Crippen molar-refractivity contribution in [1.82, 2.24) is 10.2 Å². The molecule has 1 aliphatic carbocycles. The summed E-state index contributed by atoms with van der Waals surface area (Å²) in [6, 6.07) is 23.7. The van der Waals surface area contributed by atoms with Crippen LogP contribution in [0.3, 0.4) is 0 Å². The number of sulfonamides is 1. The first kappa shape index (κ1) is 29.3. The van der Waals surface area contributed by atoms with Gasteiger partial charge in [0, 0.05) is 19.0 Å². The number of hydrogen-bond donors (Lipinski definition) is 1. The number of hydrogen-bond acceptors (Lipinski definition) is 4. The number of benzene rings is 3. The fourth-order valence-electron chi connectivity index (χ4n) is 5.29. The third kappa shape index (κ3) is 7.72. The Kier molecular flexibility index (Phi) is 9.63. The fraction of sp³-hybridized carbons (Fsp3) is 0.375. The highest BCUT2D eigenvalue weighted by Gasteiger charge is 2.34. The predicted octanol–water partition coefficient (Wildman–Crippen LogP) is 4.77. The van der Waals surface area contributed by atoms with Crippen molar-refractivity contribution in [3.05, 3.63) is 101 Å². The van der Waals surface area contributed by atoms with E-state index in [4.69, 9.17) is 0 Å². The number of carbonyl (C=O) groups excluding carboxylic acids is 2. The lowest BCUT2D eigenvalue weighted by atomic mass is 10.0. The van der Waals surface area contributed by atoms with Crippen LogP contribution < -0.4 is 9.62 Å². The molecular weight excluding hydrogens is 522 g/mol. The SMILES string of the molecule is Cc1cccc(N(CC(=O)N(Cc2ccccc2C)[C@H](Cc2ccccc2)C(=O)NC2CCCC2)S(C)(=O)=O)c1. The average Bonchev–Trinajstić information content (AvgIpc) is 3.43. The Hall–Kier alpha value is -3.65. The molecule has 8 heteroatoms. The van der Waals surface area contributed by atoms with Gasteiger partial charge in [-0.15, -0.1) is 0 Å². The molecule has 2 amide bonds. The zero-order valence-electron chi connectivity index (χ0n) is 23.5. The highest BCUT2D eigenvalue weighted by atomic mass is 32.2. The van der Waals surface area contributed by atoms with Crippen LogP contribution in [0.2, 0.25) is 0 Å². The molecule has 0 aromatic heterocycles. The standard InChI is InChI=1S/C32H39N3O4S/c1-24-12-11-19-29(20-24)35(40(3,38)39)23-31(36)34(22-27-16-8-7-13-25(27)2)30(21-26-14-5-4-6-15-26)32(37)33-28-17-9-10-18-28/h4-8,11-16,19-20,28,30H,9-10,17-18,21-23H2,1-3H3,(H,33,37)/t30-/m1/s1. The van der Waals surface area contributed by atoms with Crippen molar-refractivity contribution in [2.24, 2.45) is 0 Å². The molecule has 0 saturated heterocycles. The zero-order chi connectivity index (χ0) is 28.7. The minimum atomic E-state index is -3.78. The second-order valence-corrected chi connectivity index (χ2v) is 12.7. The van der Waals surface area contributed by atoms with E-state index in [-0.39, 0.29) is 18.5 Å². The van der Waals surface area contributed by atoms with Gasteiger partial charge in [-0.3, -0.25) is 13.9 Å². The minimum absolute atomic E-state index is 0.0843. The number of anilines is 1. The van der Waals surface area contributed by atoms with E-state index in [1.165, 1.54) is 0 Å². The Morgan fingerprint density at radius 2 is 1.60 bits per heavy atom. The third-order valence-corrected chi connectivity index (χ3v) is 8.68. The summed E-state index contributed by atoms with van der Waals surface area (Å²) in [5.74, 6) is -0.642. The predicted molar refractivity (Wildman–Crippen MR) is 159 cm³/mol. The van der Waals surface area contributed by atoms with E-state index in [2.05, 4.69) is 5.32 Å². The normalized spacial score (nSPS) is 14.5. The smallest absolute Gasteiger partial charge is 0.244 e. The highest BCUT2D eigenvalue weighted by Crippen LogP contribution is 2.23. The average molecular weight is 562 g/mol. The Morgan fingerprint density at radius 1 is 0.925 bits per heavy atom. The first-order valence-corrected chi connectivity index (χ1v) is 15.7. The van der Waals surface area contributed by atoms with Gasteiger partial charge in [-0.2, -0.15) is 0 Å². The highest BCUT2D eigenvalue weighted by molar-refractivity contribution is 7.92. The molecule has 1 aliphatic rings. The van der Waals surface area contributed by atoms with Crippen LogP contribution in [0.25, 0.3) is 0 Å². The lowest BCUT2D eigenvalue weighted by Gasteiger charge is -2.34. The van der Waals surface area contributed by atoms with Gasteiger partial charge in [-0.1, -0.05) is 79.6 Å². The lowest BCUT2D eigenvalue weighted by molar-refractivity contribution is -0.140. The molecule has 1 N–H and O–H groups in total. The summed E-state index contributed by atoms with van der Waals surface area (Å²) in [5.41, 5.74) is 4.13. The van der Waals surface area contributed by atoms with Crippen LogP contribution in [0.4, 0.5) is 5.69 Å². The lowest BCUT2D eigenvalue weighted by Crippen LogP contribution is -2.54. The molecule has 0 aliphatic heterocycles. The van der Waals surface area contributed by atoms with Crippen LogP contribution >= 0.6 is 0 Å². The third-order valence-electron chi connectivity index (χ3n) is 7.54. The maximum absolute atomic E-state index is 14.2. The van der Waals surface area contributed by atoms with Gasteiger partial charge in [0.1, 0.15) is 12.6 Å². The van der Waals surface area contributed by atoms with E-state index >= 15 is 0 Å². The number of amides is 2. The maximum Gasteiger partial charge on any atom is 0.244 e. The number of rotatable bonds is 11. The molecule has 1 fully saturated rings. The maximum atomic E-state index is 14.2. The van der Waals surface area contributed by atoms with E-state index in [0.717, 1.165) is 58.5 Å². The first-order chi connectivity index (χ1) is 19.1. The second kappa shape index (κ2) is 13.1. The van der Waals surface area contributed by atoms with Gasteiger partial charge in [0.15, 0.2) is 0 Å². The van der Waals surface area contributed by atoms with Crippen LogP contribution in [0.1, 0.15) is 47.9 Å². The Balaban J connectivity index is 1.73.